The lowest BCUT2D eigenvalue weighted by Gasteiger charge is -2.05. The molecule has 1 amide bonds. The molecule has 3 rings (SSSR count). The quantitative estimate of drug-likeness (QED) is 0.781. The molecule has 0 bridgehead atoms. The highest BCUT2D eigenvalue weighted by atomic mass is 32.1. The van der Waals surface area contributed by atoms with Gasteiger partial charge >= 0.3 is 0 Å². The predicted molar refractivity (Wildman–Crippen MR) is 73.6 cm³/mol. The Morgan fingerprint density at radius 3 is 3.05 bits per heavy atom. The average Bonchev–Trinajstić information content (AvgIpc) is 3.11. The number of amides is 1. The third-order valence-electron chi connectivity index (χ3n) is 2.49. The van der Waals surface area contributed by atoms with Crippen LogP contribution in [0.15, 0.2) is 42.6 Å². The van der Waals surface area contributed by atoms with Crippen LogP contribution in [0, 0.1) is 0 Å². The van der Waals surface area contributed by atoms with Crippen molar-refractivity contribution in [3.63, 3.8) is 0 Å². The van der Waals surface area contributed by atoms with E-state index in [4.69, 9.17) is 0 Å². The Labute approximate surface area is 118 Å². The van der Waals surface area contributed by atoms with Gasteiger partial charge in [-0.25, -0.2) is 19.6 Å². The number of nitrogens with one attached hydrogen (secondary N) is 1. The molecule has 3 aromatic heterocycles. The molecule has 0 aromatic carbocycles. The van der Waals surface area contributed by atoms with Crippen molar-refractivity contribution in [2.45, 2.75) is 6.42 Å². The van der Waals surface area contributed by atoms with Gasteiger partial charge in [0.25, 0.3) is 0 Å². The number of nitrogens with zero attached hydrogens (tertiary/aromatic N) is 5. The molecule has 0 aliphatic heterocycles. The molecule has 0 atom stereocenters. The van der Waals surface area contributed by atoms with Gasteiger partial charge < -0.3 is 5.32 Å². The van der Waals surface area contributed by atoms with Crippen molar-refractivity contribution in [1.82, 2.24) is 24.7 Å². The molecule has 8 heteroatoms. The monoisotopic (exact) mass is 286 g/mol. The molecule has 0 saturated carbocycles. The van der Waals surface area contributed by atoms with Crippen molar-refractivity contribution in [3.05, 3.63) is 47.4 Å². The summed E-state index contributed by atoms with van der Waals surface area (Å²) in [7, 11) is 0. The Morgan fingerprint density at radius 2 is 2.30 bits per heavy atom. The maximum absolute atomic E-state index is 11.9. The van der Waals surface area contributed by atoms with Crippen LogP contribution in [-0.2, 0) is 11.2 Å². The maximum Gasteiger partial charge on any atom is 0.230 e. The van der Waals surface area contributed by atoms with Crippen molar-refractivity contribution in [2.24, 2.45) is 0 Å². The number of anilines is 1. The summed E-state index contributed by atoms with van der Waals surface area (Å²) in [4.78, 5) is 24.8. The topological polar surface area (TPSA) is 85.6 Å². The summed E-state index contributed by atoms with van der Waals surface area (Å²) in [6.45, 7) is 0. The average molecular weight is 286 g/mol. The normalized spacial score (nSPS) is 10.4. The van der Waals surface area contributed by atoms with E-state index in [1.165, 1.54) is 23.7 Å². The van der Waals surface area contributed by atoms with E-state index in [1.54, 1.807) is 17.4 Å². The SMILES string of the molecule is O=C(Cc1cccs1)Nc1cc(-n2cncn2)ncn1. The first-order chi connectivity index (χ1) is 9.81. The summed E-state index contributed by atoms with van der Waals surface area (Å²) < 4.78 is 1.50. The van der Waals surface area contributed by atoms with E-state index in [-0.39, 0.29) is 5.91 Å². The van der Waals surface area contributed by atoms with E-state index in [0.29, 0.717) is 18.1 Å². The number of carbonyl (C=O) groups is 1. The molecule has 1 N–H and O–H groups in total. The Kier molecular flexibility index (Phi) is 3.46. The molecule has 0 aliphatic carbocycles. The number of rotatable bonds is 4. The zero-order valence-electron chi connectivity index (χ0n) is 10.3. The third-order valence-corrected chi connectivity index (χ3v) is 3.36. The molecule has 0 aliphatic rings. The molecule has 3 heterocycles. The number of aromatic nitrogens is 5. The van der Waals surface area contributed by atoms with Crippen molar-refractivity contribution < 1.29 is 4.79 Å². The minimum absolute atomic E-state index is 0.115. The summed E-state index contributed by atoms with van der Waals surface area (Å²) >= 11 is 1.55. The minimum atomic E-state index is -0.115. The molecule has 0 fully saturated rings. The van der Waals surface area contributed by atoms with Crippen LogP contribution in [-0.4, -0.2) is 30.6 Å². The van der Waals surface area contributed by atoms with Crippen LogP contribution in [0.2, 0.25) is 0 Å². The Morgan fingerprint density at radius 1 is 1.35 bits per heavy atom. The highest BCUT2D eigenvalue weighted by molar-refractivity contribution is 7.10. The maximum atomic E-state index is 11.9. The van der Waals surface area contributed by atoms with Gasteiger partial charge in [0.2, 0.25) is 5.91 Å². The second-order valence-electron chi connectivity index (χ2n) is 3.91. The summed E-state index contributed by atoms with van der Waals surface area (Å²) in [6.07, 6.45) is 4.65. The van der Waals surface area contributed by atoms with E-state index < -0.39 is 0 Å². The number of hydrogen-bond acceptors (Lipinski definition) is 6. The zero-order chi connectivity index (χ0) is 13.8. The Balaban J connectivity index is 1.71. The van der Waals surface area contributed by atoms with Crippen LogP contribution in [0.3, 0.4) is 0 Å². The van der Waals surface area contributed by atoms with Gasteiger partial charge in [-0.05, 0) is 11.4 Å². The van der Waals surface area contributed by atoms with Gasteiger partial charge in [0.15, 0.2) is 5.82 Å². The standard InChI is InChI=1S/C12H10N6OS/c19-12(4-9-2-1-3-20-9)17-10-5-11(15-7-14-10)18-8-13-6-16-18/h1-3,5-8H,4H2,(H,14,15,17,19). The van der Waals surface area contributed by atoms with E-state index in [0.717, 1.165) is 4.88 Å². The van der Waals surface area contributed by atoms with Crippen LogP contribution in [0.25, 0.3) is 5.82 Å². The summed E-state index contributed by atoms with van der Waals surface area (Å²) in [5.41, 5.74) is 0. The predicted octanol–water partition coefficient (Wildman–Crippen LogP) is 1.30. The summed E-state index contributed by atoms with van der Waals surface area (Å²) in [6, 6.07) is 5.48. The summed E-state index contributed by atoms with van der Waals surface area (Å²) in [5, 5.41) is 8.65. The highest BCUT2D eigenvalue weighted by Gasteiger charge is 2.07. The van der Waals surface area contributed by atoms with Gasteiger partial charge in [-0.1, -0.05) is 6.07 Å². The lowest BCUT2D eigenvalue weighted by molar-refractivity contribution is -0.115. The van der Waals surface area contributed by atoms with Crippen LogP contribution in [0.4, 0.5) is 5.82 Å². The first-order valence-electron chi connectivity index (χ1n) is 5.80. The molecular formula is C12H10N6OS. The zero-order valence-corrected chi connectivity index (χ0v) is 11.1. The first kappa shape index (κ1) is 12.4. The first-order valence-corrected chi connectivity index (χ1v) is 6.68. The van der Waals surface area contributed by atoms with Crippen LogP contribution >= 0.6 is 11.3 Å². The lowest BCUT2D eigenvalue weighted by atomic mass is 10.3. The van der Waals surface area contributed by atoms with Crippen molar-refractivity contribution >= 4 is 23.1 Å². The molecule has 3 aromatic rings. The van der Waals surface area contributed by atoms with E-state index in [9.17, 15) is 4.79 Å². The fourth-order valence-corrected chi connectivity index (χ4v) is 2.33. The number of thiophene rings is 1. The third kappa shape index (κ3) is 2.86. The molecule has 100 valence electrons. The van der Waals surface area contributed by atoms with Gasteiger partial charge in [0.1, 0.15) is 24.8 Å². The molecule has 0 spiro atoms. The van der Waals surface area contributed by atoms with Crippen LogP contribution in [0.5, 0.6) is 0 Å². The van der Waals surface area contributed by atoms with Gasteiger partial charge in [0.05, 0.1) is 6.42 Å². The lowest BCUT2D eigenvalue weighted by Crippen LogP contribution is -2.15. The van der Waals surface area contributed by atoms with Gasteiger partial charge in [-0.2, -0.15) is 5.10 Å². The van der Waals surface area contributed by atoms with Gasteiger partial charge in [0, 0.05) is 10.9 Å². The fourth-order valence-electron chi connectivity index (χ4n) is 1.63. The van der Waals surface area contributed by atoms with Crippen molar-refractivity contribution in [2.75, 3.05) is 5.32 Å². The highest BCUT2D eigenvalue weighted by Crippen LogP contribution is 2.11. The molecular weight excluding hydrogens is 276 g/mol. The second-order valence-corrected chi connectivity index (χ2v) is 4.94. The van der Waals surface area contributed by atoms with Gasteiger partial charge in [-0.15, -0.1) is 11.3 Å². The van der Waals surface area contributed by atoms with Crippen LogP contribution < -0.4 is 5.32 Å². The van der Waals surface area contributed by atoms with E-state index >= 15 is 0 Å². The second kappa shape index (κ2) is 5.57. The molecule has 0 saturated heterocycles. The largest absolute Gasteiger partial charge is 0.310 e. The van der Waals surface area contributed by atoms with Crippen molar-refractivity contribution in [1.29, 1.82) is 0 Å². The van der Waals surface area contributed by atoms with E-state index in [2.05, 4.69) is 25.4 Å². The molecule has 20 heavy (non-hydrogen) atoms. The molecule has 0 unspecified atom stereocenters. The van der Waals surface area contributed by atoms with Crippen LogP contribution in [0.1, 0.15) is 4.88 Å². The fraction of sp³-hybridized carbons (Fsp3) is 0.0833. The number of carbonyl (C=O) groups excluding carboxylic acids is 1. The smallest absolute Gasteiger partial charge is 0.230 e. The van der Waals surface area contributed by atoms with Crippen molar-refractivity contribution in [3.8, 4) is 5.82 Å². The summed E-state index contributed by atoms with van der Waals surface area (Å²) in [5.74, 6) is 0.867. The van der Waals surface area contributed by atoms with E-state index in [1.807, 2.05) is 17.5 Å². The molecule has 0 radical (unpaired) electrons. The Hall–Kier alpha value is -2.61. The minimum Gasteiger partial charge on any atom is -0.310 e. The van der Waals surface area contributed by atoms with Gasteiger partial charge in [-0.3, -0.25) is 4.79 Å². The molecule has 7 nitrogen and oxygen atoms in total. The Bertz CT molecular complexity index is 695. The number of hydrogen-bond donors (Lipinski definition) is 1.